The van der Waals surface area contributed by atoms with Gasteiger partial charge in [-0.15, -0.1) is 0 Å². The van der Waals surface area contributed by atoms with Crippen LogP contribution < -0.4 is 5.32 Å². The van der Waals surface area contributed by atoms with Crippen molar-refractivity contribution >= 4 is 29.4 Å². The van der Waals surface area contributed by atoms with Crippen molar-refractivity contribution in [1.29, 1.82) is 0 Å². The Balaban J connectivity index is 1.34. The number of carbonyl (C=O) groups excluding carboxylic acids is 2. The maximum absolute atomic E-state index is 13.0. The molecule has 0 spiro atoms. The molecule has 1 heterocycles. The molecule has 0 radical (unpaired) electrons. The third-order valence-corrected chi connectivity index (χ3v) is 7.57. The number of carboxylic acids is 1. The second-order valence-corrected chi connectivity index (χ2v) is 10.1. The maximum atomic E-state index is 13.0. The molecule has 6 nitrogen and oxygen atoms in total. The van der Waals surface area contributed by atoms with E-state index in [1.54, 1.807) is 12.1 Å². The first-order chi connectivity index (χ1) is 16.9. The van der Waals surface area contributed by atoms with Gasteiger partial charge in [0.1, 0.15) is 0 Å². The number of nitrogens with one attached hydrogen (secondary N) is 1. The highest BCUT2D eigenvalue weighted by molar-refractivity contribution is 6.31. The van der Waals surface area contributed by atoms with Crippen molar-refractivity contribution < 1.29 is 19.5 Å². The van der Waals surface area contributed by atoms with Gasteiger partial charge in [0.2, 0.25) is 5.91 Å². The maximum Gasteiger partial charge on any atom is 0.303 e. The predicted molar refractivity (Wildman–Crippen MR) is 136 cm³/mol. The molecular weight excluding hydrogens is 464 g/mol. The van der Waals surface area contributed by atoms with Gasteiger partial charge in [-0.2, -0.15) is 0 Å². The van der Waals surface area contributed by atoms with E-state index in [1.807, 2.05) is 30.3 Å². The zero-order chi connectivity index (χ0) is 24.8. The minimum absolute atomic E-state index is 0.00794. The van der Waals surface area contributed by atoms with Gasteiger partial charge in [0.15, 0.2) is 0 Å². The molecule has 2 aliphatic rings. The molecule has 186 valence electrons. The summed E-state index contributed by atoms with van der Waals surface area (Å²) < 4.78 is 0. The van der Waals surface area contributed by atoms with E-state index >= 15 is 0 Å². The normalized spacial score (nSPS) is 18.6. The van der Waals surface area contributed by atoms with Crippen molar-refractivity contribution in [2.45, 2.75) is 63.8 Å². The van der Waals surface area contributed by atoms with Crippen molar-refractivity contribution in [3.63, 3.8) is 0 Å². The van der Waals surface area contributed by atoms with Gasteiger partial charge in [0, 0.05) is 42.1 Å². The number of hydrogen-bond acceptors (Lipinski definition) is 3. The average molecular weight is 497 g/mol. The second-order valence-electron chi connectivity index (χ2n) is 9.65. The first kappa shape index (κ1) is 25.2. The summed E-state index contributed by atoms with van der Waals surface area (Å²) in [6, 6.07) is 13.6. The number of hydrogen-bond donors (Lipinski definition) is 2. The van der Waals surface area contributed by atoms with Crippen molar-refractivity contribution in [2.24, 2.45) is 5.92 Å². The summed E-state index contributed by atoms with van der Waals surface area (Å²) in [5.41, 5.74) is 3.42. The Labute approximate surface area is 211 Å². The molecule has 2 fully saturated rings. The summed E-state index contributed by atoms with van der Waals surface area (Å²) in [7, 11) is 0. The molecule has 2 N–H and O–H groups in total. The van der Waals surface area contributed by atoms with Gasteiger partial charge in [0.05, 0.1) is 0 Å². The topological polar surface area (TPSA) is 86.7 Å². The number of nitrogens with zero attached hydrogens (tertiary/aromatic N) is 1. The molecule has 4 rings (SSSR count). The number of benzene rings is 2. The van der Waals surface area contributed by atoms with Crippen LogP contribution in [0.15, 0.2) is 42.5 Å². The third kappa shape index (κ3) is 6.43. The van der Waals surface area contributed by atoms with Crippen molar-refractivity contribution in [3.05, 3.63) is 58.6 Å². The van der Waals surface area contributed by atoms with Crippen LogP contribution in [0.1, 0.15) is 67.3 Å². The molecule has 35 heavy (non-hydrogen) atoms. The number of aliphatic carboxylic acids is 1. The molecular formula is C28H33ClN2O4. The molecule has 2 amide bonds. The fourth-order valence-corrected chi connectivity index (χ4v) is 5.48. The molecule has 7 heteroatoms. The highest BCUT2D eigenvalue weighted by Crippen LogP contribution is 2.33. The molecule has 0 bridgehead atoms. The van der Waals surface area contributed by atoms with E-state index in [0.29, 0.717) is 36.0 Å². The van der Waals surface area contributed by atoms with E-state index in [4.69, 9.17) is 16.7 Å². The summed E-state index contributed by atoms with van der Waals surface area (Å²) in [6.45, 7) is 1.19. The highest BCUT2D eigenvalue weighted by Gasteiger charge is 2.36. The lowest BCUT2D eigenvalue weighted by Gasteiger charge is -2.31. The van der Waals surface area contributed by atoms with Gasteiger partial charge in [-0.1, -0.05) is 55.1 Å². The summed E-state index contributed by atoms with van der Waals surface area (Å²) in [5, 5.41) is 12.1. The SMILES string of the molecule is O=C(O)CCCNC(=O)c1ccc(-c2ccc(CC3CCN(C4CCCCC4)C3=O)c(Cl)c2)cc1. The lowest BCUT2D eigenvalue weighted by atomic mass is 9.93. The van der Waals surface area contributed by atoms with Crippen LogP contribution in [0.4, 0.5) is 0 Å². The van der Waals surface area contributed by atoms with Crippen LogP contribution in [0.5, 0.6) is 0 Å². The molecule has 1 unspecified atom stereocenters. The Morgan fingerprint density at radius 2 is 1.71 bits per heavy atom. The number of likely N-dealkylation sites (tertiary alicyclic amines) is 1. The Morgan fingerprint density at radius 3 is 2.40 bits per heavy atom. The number of halogens is 1. The van der Waals surface area contributed by atoms with Crippen LogP contribution in [0.25, 0.3) is 11.1 Å². The Kier molecular flexibility index (Phi) is 8.45. The van der Waals surface area contributed by atoms with Crippen molar-refractivity contribution in [2.75, 3.05) is 13.1 Å². The van der Waals surface area contributed by atoms with E-state index in [-0.39, 0.29) is 24.2 Å². The van der Waals surface area contributed by atoms with Crippen molar-refractivity contribution in [3.8, 4) is 11.1 Å². The quantitative estimate of drug-likeness (QED) is 0.460. The molecule has 0 aromatic heterocycles. The monoisotopic (exact) mass is 496 g/mol. The first-order valence-electron chi connectivity index (χ1n) is 12.6. The Bertz CT molecular complexity index is 1060. The lowest BCUT2D eigenvalue weighted by Crippen LogP contribution is -2.39. The van der Waals surface area contributed by atoms with E-state index in [0.717, 1.165) is 42.5 Å². The molecule has 2 aromatic rings. The molecule has 1 saturated heterocycles. The van der Waals surface area contributed by atoms with E-state index in [9.17, 15) is 14.4 Å². The van der Waals surface area contributed by atoms with Crippen LogP contribution in [-0.2, 0) is 16.0 Å². The third-order valence-electron chi connectivity index (χ3n) is 7.22. The van der Waals surface area contributed by atoms with Crippen molar-refractivity contribution in [1.82, 2.24) is 10.2 Å². The minimum Gasteiger partial charge on any atom is -0.481 e. The molecule has 1 saturated carbocycles. The van der Waals surface area contributed by atoms with E-state index < -0.39 is 5.97 Å². The number of rotatable bonds is 9. The summed E-state index contributed by atoms with van der Waals surface area (Å²) in [4.78, 5) is 38.0. The number of amides is 2. The zero-order valence-electron chi connectivity index (χ0n) is 20.0. The summed E-state index contributed by atoms with van der Waals surface area (Å²) >= 11 is 6.63. The molecule has 2 aromatic carbocycles. The van der Waals surface area contributed by atoms with E-state index in [1.165, 1.54) is 19.3 Å². The largest absolute Gasteiger partial charge is 0.481 e. The van der Waals surface area contributed by atoms with Gasteiger partial charge < -0.3 is 15.3 Å². The Hall–Kier alpha value is -2.86. The van der Waals surface area contributed by atoms with Crippen LogP contribution in [0.3, 0.4) is 0 Å². The lowest BCUT2D eigenvalue weighted by molar-refractivity contribution is -0.137. The molecule has 1 aliphatic carbocycles. The first-order valence-corrected chi connectivity index (χ1v) is 13.0. The summed E-state index contributed by atoms with van der Waals surface area (Å²) in [5.74, 6) is -0.800. The molecule has 1 atom stereocenters. The second kappa shape index (κ2) is 11.7. The number of carbonyl (C=O) groups is 3. The van der Waals surface area contributed by atoms with Crippen LogP contribution in [0.2, 0.25) is 5.02 Å². The van der Waals surface area contributed by atoms with Gasteiger partial charge in [-0.3, -0.25) is 14.4 Å². The highest BCUT2D eigenvalue weighted by atomic mass is 35.5. The molecule has 1 aliphatic heterocycles. The van der Waals surface area contributed by atoms with Crippen LogP contribution in [0, 0.1) is 5.92 Å². The van der Waals surface area contributed by atoms with Gasteiger partial charge in [-0.25, -0.2) is 0 Å². The minimum atomic E-state index is -0.871. The summed E-state index contributed by atoms with van der Waals surface area (Å²) in [6.07, 6.45) is 8.01. The van der Waals surface area contributed by atoms with Crippen LogP contribution in [-0.4, -0.2) is 46.9 Å². The predicted octanol–water partition coefficient (Wildman–Crippen LogP) is 5.33. The fourth-order valence-electron chi connectivity index (χ4n) is 5.22. The van der Waals surface area contributed by atoms with Gasteiger partial charge in [0.25, 0.3) is 5.91 Å². The smallest absolute Gasteiger partial charge is 0.303 e. The van der Waals surface area contributed by atoms with Crippen LogP contribution >= 0.6 is 11.6 Å². The van der Waals surface area contributed by atoms with Gasteiger partial charge in [-0.05, 0) is 67.0 Å². The standard InChI is InChI=1S/C28H33ClN2O4/c29-25-18-21(19-8-10-20(11-9-19)27(34)30-15-4-7-26(32)33)12-13-22(25)17-23-14-16-31(28(23)35)24-5-2-1-3-6-24/h8-13,18,23-24H,1-7,14-17H2,(H,30,34)(H,32,33). The van der Waals surface area contributed by atoms with Gasteiger partial charge >= 0.3 is 5.97 Å². The number of carboxylic acid groups (broad SMARTS) is 1. The fraction of sp³-hybridized carbons (Fsp3) is 0.464. The Morgan fingerprint density at radius 1 is 1.00 bits per heavy atom. The van der Waals surface area contributed by atoms with E-state index in [2.05, 4.69) is 10.2 Å². The zero-order valence-corrected chi connectivity index (χ0v) is 20.7. The average Bonchev–Trinajstić information content (AvgIpc) is 3.23.